The largest absolute Gasteiger partial charge is 0.428 e. The van der Waals surface area contributed by atoms with Gasteiger partial charge in [0.1, 0.15) is 5.54 Å². The minimum atomic E-state index is -0.751. The lowest BCUT2D eigenvalue weighted by atomic mass is 9.68. The number of hydrogen-bond donors (Lipinski definition) is 4. The van der Waals surface area contributed by atoms with Crippen LogP contribution in [0.4, 0.5) is 10.5 Å². The molecule has 0 saturated carbocycles. The van der Waals surface area contributed by atoms with Crippen molar-refractivity contribution in [1.29, 1.82) is 10.8 Å². The van der Waals surface area contributed by atoms with E-state index in [9.17, 15) is 4.79 Å². The lowest BCUT2D eigenvalue weighted by Gasteiger charge is -2.60. The van der Waals surface area contributed by atoms with E-state index < -0.39 is 5.54 Å². The molecule has 0 aromatic heterocycles. The topological polar surface area (TPSA) is 128 Å². The van der Waals surface area contributed by atoms with Crippen molar-refractivity contribution in [2.45, 2.75) is 51.1 Å². The quantitative estimate of drug-likeness (QED) is 0.459. The molecule has 0 unspecified atom stereocenters. The maximum Gasteiger partial charge on any atom is 0.322 e. The van der Waals surface area contributed by atoms with E-state index in [1.807, 2.05) is 25.1 Å². The highest BCUT2D eigenvalue weighted by Crippen LogP contribution is 2.48. The van der Waals surface area contributed by atoms with Crippen LogP contribution in [0.5, 0.6) is 0 Å². The minimum absolute atomic E-state index is 0.0216. The van der Waals surface area contributed by atoms with E-state index in [1.165, 1.54) is 6.92 Å². The molecule has 1 aromatic rings. The summed E-state index contributed by atoms with van der Waals surface area (Å²) in [5.41, 5.74) is 8.42. The van der Waals surface area contributed by atoms with Crippen LogP contribution in [0.15, 0.2) is 29.3 Å². The summed E-state index contributed by atoms with van der Waals surface area (Å²) in [5.74, 6) is -0.0634. The first-order valence-electron chi connectivity index (χ1n) is 9.70. The average Bonchev–Trinajstić information content (AvgIpc) is 2.67. The number of nitrogens with zero attached hydrogens (tertiary/aromatic N) is 2. The summed E-state index contributed by atoms with van der Waals surface area (Å²) in [7, 11) is 1.67. The van der Waals surface area contributed by atoms with E-state index in [-0.39, 0.29) is 23.9 Å². The fourth-order valence-electron chi connectivity index (χ4n) is 4.26. The average molecular weight is 396 g/mol. The number of urea groups is 1. The standard InChI is InChI=1S/C21H28N6O2/c1-13-6-7-15(11-17(13)18(23)8-10-25-3)26-20(28)27-16-5-4-9-21(27,12-16)19(24)29-14(2)22/h6-8,10-11,16,22,24H,4-5,9,12,23H2,1-3H3,(H,26,28)/b18-8-,22-14?,24-19?,25-10?/t16-,21-/m1/s1. The molecule has 154 valence electrons. The van der Waals surface area contributed by atoms with E-state index >= 15 is 0 Å². The number of ether oxygens (including phenoxy) is 1. The van der Waals surface area contributed by atoms with E-state index in [4.69, 9.17) is 21.3 Å². The van der Waals surface area contributed by atoms with E-state index in [0.717, 1.165) is 24.0 Å². The van der Waals surface area contributed by atoms with Gasteiger partial charge >= 0.3 is 6.03 Å². The molecule has 2 fully saturated rings. The molecule has 3 rings (SSSR count). The van der Waals surface area contributed by atoms with Gasteiger partial charge in [-0.15, -0.1) is 0 Å². The van der Waals surface area contributed by atoms with Crippen molar-refractivity contribution in [2.75, 3.05) is 12.4 Å². The molecule has 5 N–H and O–H groups in total. The Morgan fingerprint density at radius 2 is 2.21 bits per heavy atom. The normalized spacial score (nSPS) is 23.5. The molecule has 2 aliphatic heterocycles. The molecule has 29 heavy (non-hydrogen) atoms. The smallest absolute Gasteiger partial charge is 0.322 e. The summed E-state index contributed by atoms with van der Waals surface area (Å²) in [4.78, 5) is 18.7. The molecule has 2 aliphatic rings. The van der Waals surface area contributed by atoms with Crippen LogP contribution in [-0.2, 0) is 4.74 Å². The van der Waals surface area contributed by atoms with Crippen molar-refractivity contribution in [3.05, 3.63) is 35.4 Å². The molecule has 0 spiro atoms. The summed E-state index contributed by atoms with van der Waals surface area (Å²) >= 11 is 0. The molecule has 0 aliphatic carbocycles. The number of anilines is 1. The number of aryl methyl sites for hydroxylation is 1. The minimum Gasteiger partial charge on any atom is -0.428 e. The Hall–Kier alpha value is -3.16. The van der Waals surface area contributed by atoms with Crippen molar-refractivity contribution < 1.29 is 9.53 Å². The zero-order valence-corrected chi connectivity index (χ0v) is 17.1. The molecule has 2 heterocycles. The van der Waals surface area contributed by atoms with Gasteiger partial charge in [-0.25, -0.2) is 4.79 Å². The molecule has 2 bridgehead atoms. The zero-order valence-electron chi connectivity index (χ0n) is 17.1. The van der Waals surface area contributed by atoms with Gasteiger partial charge in [0, 0.05) is 49.6 Å². The number of allylic oxidation sites excluding steroid dienone is 1. The van der Waals surface area contributed by atoms with Gasteiger partial charge in [-0.2, -0.15) is 0 Å². The number of nitrogens with two attached hydrogens (primary N) is 1. The number of piperidine rings is 1. The Morgan fingerprint density at radius 3 is 2.86 bits per heavy atom. The Balaban J connectivity index is 1.81. The number of carbonyl (C=O) groups is 1. The maximum absolute atomic E-state index is 13.1. The summed E-state index contributed by atoms with van der Waals surface area (Å²) in [6.07, 6.45) is 6.58. The van der Waals surface area contributed by atoms with Gasteiger partial charge in [-0.05, 0) is 50.0 Å². The second kappa shape index (κ2) is 8.06. The van der Waals surface area contributed by atoms with Crippen molar-refractivity contribution in [1.82, 2.24) is 4.90 Å². The molecule has 8 heteroatoms. The Bertz CT molecular complexity index is 902. The van der Waals surface area contributed by atoms with Crippen molar-refractivity contribution in [3.63, 3.8) is 0 Å². The summed E-state index contributed by atoms with van der Waals surface area (Å²) in [6.45, 7) is 3.45. The highest BCUT2D eigenvalue weighted by molar-refractivity contribution is 6.00. The second-order valence-corrected chi connectivity index (χ2v) is 7.63. The van der Waals surface area contributed by atoms with Gasteiger partial charge in [0.25, 0.3) is 0 Å². The first-order chi connectivity index (χ1) is 13.8. The number of fused-ring (bicyclic) bond motifs is 2. The first kappa shape index (κ1) is 20.6. The highest BCUT2D eigenvalue weighted by Gasteiger charge is 2.60. The monoisotopic (exact) mass is 396 g/mol. The molecule has 0 radical (unpaired) electrons. The number of hydrogen-bond acceptors (Lipinski definition) is 6. The van der Waals surface area contributed by atoms with Gasteiger partial charge in [-0.3, -0.25) is 15.8 Å². The molecule has 1 aromatic carbocycles. The zero-order chi connectivity index (χ0) is 21.2. The third-order valence-electron chi connectivity index (χ3n) is 5.63. The molecular weight excluding hydrogens is 368 g/mol. The Morgan fingerprint density at radius 1 is 1.45 bits per heavy atom. The van der Waals surface area contributed by atoms with Gasteiger partial charge in [-0.1, -0.05) is 6.07 Å². The Kier molecular flexibility index (Phi) is 5.72. The number of aliphatic imine (C=N–C) groups is 1. The number of rotatable bonds is 4. The Labute approximate surface area is 170 Å². The SMILES string of the molecule is CN=C/C=C(\N)c1cc(NC(=O)N2[C@@H]3CCC[C@]2(C(=N)OC(C)=N)C3)ccc1C. The lowest BCUT2D eigenvalue weighted by molar-refractivity contribution is -0.0329. The van der Waals surface area contributed by atoms with E-state index in [2.05, 4.69) is 10.3 Å². The molecule has 2 amide bonds. The fraction of sp³-hybridized carbons (Fsp3) is 0.429. The number of amides is 2. The van der Waals surface area contributed by atoms with Crippen LogP contribution in [0.3, 0.4) is 0 Å². The number of carbonyl (C=O) groups excluding carboxylic acids is 1. The number of nitrogens with one attached hydrogen (secondary N) is 3. The van der Waals surface area contributed by atoms with Gasteiger partial charge < -0.3 is 20.7 Å². The highest BCUT2D eigenvalue weighted by atomic mass is 16.5. The molecule has 8 nitrogen and oxygen atoms in total. The van der Waals surface area contributed by atoms with Crippen LogP contribution in [0.1, 0.15) is 43.7 Å². The third kappa shape index (κ3) is 3.87. The molecule has 2 saturated heterocycles. The van der Waals surface area contributed by atoms with Crippen LogP contribution >= 0.6 is 0 Å². The second-order valence-electron chi connectivity index (χ2n) is 7.63. The first-order valence-corrected chi connectivity index (χ1v) is 9.70. The van der Waals surface area contributed by atoms with Gasteiger partial charge in [0.2, 0.25) is 5.90 Å². The van der Waals surface area contributed by atoms with Crippen LogP contribution in [0.25, 0.3) is 5.70 Å². The molecule has 2 atom stereocenters. The third-order valence-corrected chi connectivity index (χ3v) is 5.63. The molecular formula is C21H28N6O2. The summed E-state index contributed by atoms with van der Waals surface area (Å²) in [6, 6.07) is 5.42. The van der Waals surface area contributed by atoms with Crippen LogP contribution in [-0.4, -0.2) is 47.6 Å². The van der Waals surface area contributed by atoms with Crippen LogP contribution in [0, 0.1) is 17.7 Å². The van der Waals surface area contributed by atoms with Gasteiger partial charge in [0.05, 0.1) is 0 Å². The fourth-order valence-corrected chi connectivity index (χ4v) is 4.26. The van der Waals surface area contributed by atoms with Crippen molar-refractivity contribution in [3.8, 4) is 0 Å². The number of benzene rings is 1. The maximum atomic E-state index is 13.1. The van der Waals surface area contributed by atoms with Crippen LogP contribution in [0.2, 0.25) is 0 Å². The van der Waals surface area contributed by atoms with E-state index in [0.29, 0.717) is 24.2 Å². The van der Waals surface area contributed by atoms with Crippen LogP contribution < -0.4 is 11.1 Å². The lowest BCUT2D eigenvalue weighted by Crippen LogP contribution is -2.74. The van der Waals surface area contributed by atoms with E-state index in [1.54, 1.807) is 24.2 Å². The summed E-state index contributed by atoms with van der Waals surface area (Å²) < 4.78 is 5.27. The predicted octanol–water partition coefficient (Wildman–Crippen LogP) is 3.52. The van der Waals surface area contributed by atoms with Gasteiger partial charge in [0.15, 0.2) is 5.90 Å². The van der Waals surface area contributed by atoms with Crippen molar-refractivity contribution in [2.24, 2.45) is 10.7 Å². The summed E-state index contributed by atoms with van der Waals surface area (Å²) in [5, 5.41) is 18.8. The van der Waals surface area contributed by atoms with Crippen molar-refractivity contribution >= 4 is 35.4 Å². The predicted molar refractivity (Wildman–Crippen MR) is 116 cm³/mol.